The third-order valence-electron chi connectivity index (χ3n) is 4.43. The number of hydrogen-bond acceptors (Lipinski definition) is 1. The van der Waals surface area contributed by atoms with Crippen molar-refractivity contribution < 1.29 is 0 Å². The lowest BCUT2D eigenvalue weighted by Crippen LogP contribution is -1.90. The van der Waals surface area contributed by atoms with Gasteiger partial charge in [-0.2, -0.15) is 0 Å². The van der Waals surface area contributed by atoms with Crippen molar-refractivity contribution in [3.05, 3.63) is 65.9 Å². The molecule has 3 rings (SSSR count). The highest BCUT2D eigenvalue weighted by molar-refractivity contribution is 5.67. The fourth-order valence-electron chi connectivity index (χ4n) is 3.00. The number of nitrogens with zero attached hydrogens (tertiary/aromatic N) is 1. The summed E-state index contributed by atoms with van der Waals surface area (Å²) in [7, 11) is 0. The Bertz CT molecular complexity index is 754. The van der Waals surface area contributed by atoms with Crippen molar-refractivity contribution in [3.63, 3.8) is 0 Å². The minimum atomic E-state index is 0.972. The van der Waals surface area contributed by atoms with Gasteiger partial charge in [-0.15, -0.1) is 0 Å². The number of imidazole rings is 1. The first-order valence-electron chi connectivity index (χ1n) is 8.99. The van der Waals surface area contributed by atoms with E-state index >= 15 is 0 Å². The monoisotopic (exact) mass is 318 g/mol. The quantitative estimate of drug-likeness (QED) is 0.518. The van der Waals surface area contributed by atoms with E-state index in [2.05, 4.69) is 73.4 Å². The lowest BCUT2D eigenvalue weighted by molar-refractivity contribution is 0.662. The van der Waals surface area contributed by atoms with Crippen LogP contribution in [0.15, 0.2) is 54.6 Å². The van der Waals surface area contributed by atoms with E-state index in [1.165, 1.54) is 42.5 Å². The molecule has 24 heavy (non-hydrogen) atoms. The standard InChI is InChI=1S/C22H26N2/c1-3-4-5-9-12-20-21(18-10-7-6-8-11-18)24-22(23-20)19-15-13-17(2)14-16-19/h6-8,10-11,13-16H,3-5,9,12H2,1-2H3,(H,23,24). The highest BCUT2D eigenvalue weighted by Gasteiger charge is 2.13. The molecule has 0 radical (unpaired) electrons. The molecule has 2 aromatic carbocycles. The van der Waals surface area contributed by atoms with E-state index in [4.69, 9.17) is 4.98 Å². The first-order valence-corrected chi connectivity index (χ1v) is 8.99. The molecular formula is C22H26N2. The van der Waals surface area contributed by atoms with Crippen molar-refractivity contribution in [2.24, 2.45) is 0 Å². The Kier molecular flexibility index (Phi) is 5.47. The van der Waals surface area contributed by atoms with E-state index in [1.54, 1.807) is 0 Å². The number of unbranched alkanes of at least 4 members (excludes halogenated alkanes) is 3. The number of aryl methyl sites for hydroxylation is 2. The van der Waals surface area contributed by atoms with Crippen LogP contribution in [-0.2, 0) is 6.42 Å². The lowest BCUT2D eigenvalue weighted by Gasteiger charge is -2.02. The average Bonchev–Trinajstić information content (AvgIpc) is 3.04. The molecule has 1 N–H and O–H groups in total. The Morgan fingerprint density at radius 1 is 0.833 bits per heavy atom. The number of benzene rings is 2. The van der Waals surface area contributed by atoms with Crippen molar-refractivity contribution >= 4 is 0 Å². The Balaban J connectivity index is 1.91. The highest BCUT2D eigenvalue weighted by Crippen LogP contribution is 2.27. The van der Waals surface area contributed by atoms with E-state index in [0.717, 1.165) is 23.5 Å². The average molecular weight is 318 g/mol. The SMILES string of the molecule is CCCCCCc1[nH]c(-c2ccc(C)cc2)nc1-c1ccccc1. The summed E-state index contributed by atoms with van der Waals surface area (Å²) in [6.45, 7) is 4.36. The van der Waals surface area contributed by atoms with Gasteiger partial charge in [-0.25, -0.2) is 4.98 Å². The Morgan fingerprint density at radius 3 is 2.29 bits per heavy atom. The summed E-state index contributed by atoms with van der Waals surface area (Å²) in [6.07, 6.45) is 6.12. The van der Waals surface area contributed by atoms with Gasteiger partial charge in [0.25, 0.3) is 0 Å². The highest BCUT2D eigenvalue weighted by atomic mass is 14.9. The molecule has 0 spiro atoms. The van der Waals surface area contributed by atoms with Crippen LogP contribution in [0.4, 0.5) is 0 Å². The molecule has 0 fully saturated rings. The van der Waals surface area contributed by atoms with E-state index in [0.29, 0.717) is 0 Å². The van der Waals surface area contributed by atoms with Gasteiger partial charge < -0.3 is 4.98 Å². The summed E-state index contributed by atoms with van der Waals surface area (Å²) in [4.78, 5) is 8.51. The number of aromatic nitrogens is 2. The predicted molar refractivity (Wildman–Crippen MR) is 102 cm³/mol. The largest absolute Gasteiger partial charge is 0.341 e. The van der Waals surface area contributed by atoms with Gasteiger partial charge in [-0.1, -0.05) is 86.3 Å². The van der Waals surface area contributed by atoms with Crippen LogP contribution in [-0.4, -0.2) is 9.97 Å². The second-order valence-corrected chi connectivity index (χ2v) is 6.46. The van der Waals surface area contributed by atoms with Crippen molar-refractivity contribution in [2.75, 3.05) is 0 Å². The Morgan fingerprint density at radius 2 is 1.58 bits per heavy atom. The molecule has 0 saturated heterocycles. The van der Waals surface area contributed by atoms with Gasteiger partial charge in [-0.3, -0.25) is 0 Å². The number of hydrogen-bond donors (Lipinski definition) is 1. The van der Waals surface area contributed by atoms with Crippen molar-refractivity contribution in [2.45, 2.75) is 46.0 Å². The summed E-state index contributed by atoms with van der Waals surface area (Å²) in [5.74, 6) is 0.972. The molecule has 1 heterocycles. The van der Waals surface area contributed by atoms with Crippen molar-refractivity contribution in [1.82, 2.24) is 9.97 Å². The van der Waals surface area contributed by atoms with Gasteiger partial charge in [-0.05, 0) is 19.8 Å². The van der Waals surface area contributed by atoms with Gasteiger partial charge in [0.15, 0.2) is 0 Å². The van der Waals surface area contributed by atoms with E-state index < -0.39 is 0 Å². The van der Waals surface area contributed by atoms with Crippen LogP contribution in [0.2, 0.25) is 0 Å². The second kappa shape index (κ2) is 7.96. The van der Waals surface area contributed by atoms with Crippen LogP contribution >= 0.6 is 0 Å². The van der Waals surface area contributed by atoms with Crippen LogP contribution < -0.4 is 0 Å². The summed E-state index contributed by atoms with van der Waals surface area (Å²) >= 11 is 0. The zero-order chi connectivity index (χ0) is 16.8. The summed E-state index contributed by atoms with van der Waals surface area (Å²) in [5.41, 5.74) is 5.97. The molecule has 0 amide bonds. The van der Waals surface area contributed by atoms with Crippen molar-refractivity contribution in [3.8, 4) is 22.6 Å². The third kappa shape index (κ3) is 3.94. The molecule has 124 valence electrons. The molecule has 2 heteroatoms. The van der Waals surface area contributed by atoms with E-state index in [-0.39, 0.29) is 0 Å². The molecule has 0 aliphatic heterocycles. The van der Waals surface area contributed by atoms with Crippen LogP contribution in [0.25, 0.3) is 22.6 Å². The van der Waals surface area contributed by atoms with Crippen LogP contribution in [0.1, 0.15) is 43.9 Å². The molecule has 1 aromatic heterocycles. The zero-order valence-electron chi connectivity index (χ0n) is 14.7. The van der Waals surface area contributed by atoms with Gasteiger partial charge in [0.2, 0.25) is 0 Å². The fraction of sp³-hybridized carbons (Fsp3) is 0.318. The molecule has 0 saturated carbocycles. The summed E-state index contributed by atoms with van der Waals surface area (Å²) < 4.78 is 0. The van der Waals surface area contributed by atoms with Crippen molar-refractivity contribution in [1.29, 1.82) is 0 Å². The summed E-state index contributed by atoms with van der Waals surface area (Å²) in [5, 5.41) is 0. The van der Waals surface area contributed by atoms with Gasteiger partial charge >= 0.3 is 0 Å². The number of H-pyrrole nitrogens is 1. The number of aromatic amines is 1. The molecule has 0 unspecified atom stereocenters. The lowest BCUT2D eigenvalue weighted by atomic mass is 10.1. The summed E-state index contributed by atoms with van der Waals surface area (Å²) in [6, 6.07) is 19.1. The minimum absolute atomic E-state index is 0.972. The van der Waals surface area contributed by atoms with Gasteiger partial charge in [0.05, 0.1) is 5.69 Å². The zero-order valence-corrected chi connectivity index (χ0v) is 14.7. The van der Waals surface area contributed by atoms with Crippen LogP contribution in [0.3, 0.4) is 0 Å². The number of rotatable bonds is 7. The molecular weight excluding hydrogens is 292 g/mol. The molecule has 0 atom stereocenters. The Hall–Kier alpha value is -2.35. The number of nitrogens with one attached hydrogen (secondary N) is 1. The minimum Gasteiger partial charge on any atom is -0.341 e. The first-order chi connectivity index (χ1) is 11.8. The maximum Gasteiger partial charge on any atom is 0.138 e. The maximum atomic E-state index is 4.92. The van der Waals surface area contributed by atoms with Gasteiger partial charge in [0.1, 0.15) is 5.82 Å². The molecule has 0 aliphatic rings. The first kappa shape index (κ1) is 16.5. The van der Waals surface area contributed by atoms with E-state index in [9.17, 15) is 0 Å². The van der Waals surface area contributed by atoms with Gasteiger partial charge in [0, 0.05) is 16.8 Å². The third-order valence-corrected chi connectivity index (χ3v) is 4.43. The molecule has 3 aromatic rings. The molecule has 2 nitrogen and oxygen atoms in total. The smallest absolute Gasteiger partial charge is 0.138 e. The normalized spacial score (nSPS) is 10.9. The molecule has 0 bridgehead atoms. The second-order valence-electron chi connectivity index (χ2n) is 6.46. The fourth-order valence-corrected chi connectivity index (χ4v) is 3.00. The topological polar surface area (TPSA) is 28.7 Å². The Labute approximate surface area is 145 Å². The van der Waals surface area contributed by atoms with Crippen LogP contribution in [0, 0.1) is 6.92 Å². The van der Waals surface area contributed by atoms with E-state index in [1.807, 2.05) is 0 Å². The molecule has 0 aliphatic carbocycles. The maximum absolute atomic E-state index is 4.92. The predicted octanol–water partition coefficient (Wildman–Crippen LogP) is 6.17. The van der Waals surface area contributed by atoms with Crippen LogP contribution in [0.5, 0.6) is 0 Å².